The first kappa shape index (κ1) is 13.7. The summed E-state index contributed by atoms with van der Waals surface area (Å²) in [6.07, 6.45) is 1.52. The van der Waals surface area contributed by atoms with Crippen LogP contribution in [0.3, 0.4) is 0 Å². The van der Waals surface area contributed by atoms with E-state index in [4.69, 9.17) is 5.11 Å². The summed E-state index contributed by atoms with van der Waals surface area (Å²) in [5.74, 6) is -1.08. The molecule has 17 heavy (non-hydrogen) atoms. The summed E-state index contributed by atoms with van der Waals surface area (Å²) in [5.41, 5.74) is -0.297. The molecule has 1 rings (SSSR count). The van der Waals surface area contributed by atoms with Gasteiger partial charge in [0.05, 0.1) is 18.0 Å². The molecule has 0 aliphatic carbocycles. The number of hydrogen-bond donors (Lipinski definition) is 1. The first-order valence-electron chi connectivity index (χ1n) is 5.64. The van der Waals surface area contributed by atoms with Gasteiger partial charge in [-0.2, -0.15) is 0 Å². The Hall–Kier alpha value is -1.36. The third-order valence-corrected chi connectivity index (χ3v) is 3.13. The predicted molar refractivity (Wildman–Crippen MR) is 64.7 cm³/mol. The van der Waals surface area contributed by atoms with Crippen molar-refractivity contribution in [2.45, 2.75) is 31.8 Å². The number of carboxylic acids is 1. The molecule has 1 fully saturated rings. The third-order valence-electron chi connectivity index (χ3n) is 3.13. The number of aliphatic carboxylic acids is 1. The van der Waals surface area contributed by atoms with Gasteiger partial charge in [-0.25, -0.2) is 0 Å². The Labute approximate surface area is 102 Å². The molecule has 0 aromatic carbocycles. The zero-order valence-corrected chi connectivity index (χ0v) is 10.6. The molecule has 1 aliphatic rings. The molecule has 0 radical (unpaired) electrons. The number of amides is 1. The highest BCUT2D eigenvalue weighted by Crippen LogP contribution is 2.25. The monoisotopic (exact) mass is 240 g/mol. The first-order valence-corrected chi connectivity index (χ1v) is 5.64. The highest BCUT2D eigenvalue weighted by atomic mass is 16.4. The summed E-state index contributed by atoms with van der Waals surface area (Å²) >= 11 is 0. The molecule has 1 saturated heterocycles. The lowest BCUT2D eigenvalue weighted by molar-refractivity contribution is -0.154. The summed E-state index contributed by atoms with van der Waals surface area (Å²) in [6.45, 7) is 8.70. The topological polar surface area (TPSA) is 60.9 Å². The number of hydrogen-bond acceptors (Lipinski definition) is 3. The maximum Gasteiger partial charge on any atom is 0.305 e. The van der Waals surface area contributed by atoms with Crippen molar-refractivity contribution in [3.63, 3.8) is 0 Å². The third kappa shape index (κ3) is 2.85. The van der Waals surface area contributed by atoms with E-state index in [1.54, 1.807) is 18.0 Å². The number of carbonyl (C=O) groups is 2. The molecule has 1 amide bonds. The summed E-state index contributed by atoms with van der Waals surface area (Å²) < 4.78 is 0. The Morgan fingerprint density at radius 1 is 1.65 bits per heavy atom. The van der Waals surface area contributed by atoms with Gasteiger partial charge in [-0.1, -0.05) is 6.08 Å². The molecular weight excluding hydrogens is 220 g/mol. The second-order valence-corrected chi connectivity index (χ2v) is 5.08. The highest BCUT2D eigenvalue weighted by Gasteiger charge is 2.43. The van der Waals surface area contributed by atoms with Gasteiger partial charge in [0.1, 0.15) is 0 Å². The molecule has 1 heterocycles. The van der Waals surface area contributed by atoms with Crippen molar-refractivity contribution >= 4 is 11.9 Å². The summed E-state index contributed by atoms with van der Waals surface area (Å²) in [6, 6.07) is -0.569. The van der Waals surface area contributed by atoms with E-state index < -0.39 is 12.0 Å². The van der Waals surface area contributed by atoms with Gasteiger partial charge in [-0.15, -0.1) is 6.58 Å². The largest absolute Gasteiger partial charge is 0.481 e. The molecule has 96 valence electrons. The zero-order valence-electron chi connectivity index (χ0n) is 10.6. The average Bonchev–Trinajstić information content (AvgIpc) is 2.18. The van der Waals surface area contributed by atoms with Crippen LogP contribution in [0.15, 0.2) is 12.7 Å². The number of rotatable bonds is 4. The Kier molecular flexibility index (Phi) is 3.93. The summed E-state index contributed by atoms with van der Waals surface area (Å²) in [4.78, 5) is 26.5. The maximum atomic E-state index is 12.3. The van der Waals surface area contributed by atoms with Crippen LogP contribution < -0.4 is 0 Å². The van der Waals surface area contributed by atoms with E-state index in [1.165, 1.54) is 0 Å². The summed E-state index contributed by atoms with van der Waals surface area (Å²) in [7, 11) is 1.79. The molecule has 1 N–H and O–H groups in total. The van der Waals surface area contributed by atoms with Gasteiger partial charge in [-0.3, -0.25) is 14.5 Å². The van der Waals surface area contributed by atoms with Crippen molar-refractivity contribution < 1.29 is 14.7 Å². The van der Waals surface area contributed by atoms with E-state index in [0.29, 0.717) is 13.1 Å². The molecule has 1 aliphatic heterocycles. The lowest BCUT2D eigenvalue weighted by Crippen LogP contribution is -2.65. The fraction of sp³-hybridized carbons (Fsp3) is 0.667. The molecule has 5 heteroatoms. The molecule has 0 spiro atoms. The maximum absolute atomic E-state index is 12.3. The minimum Gasteiger partial charge on any atom is -0.481 e. The van der Waals surface area contributed by atoms with Gasteiger partial charge >= 0.3 is 5.97 Å². The van der Waals surface area contributed by atoms with Crippen molar-refractivity contribution in [1.29, 1.82) is 0 Å². The van der Waals surface area contributed by atoms with Gasteiger partial charge in [-0.05, 0) is 20.9 Å². The van der Waals surface area contributed by atoms with Crippen LogP contribution in [-0.2, 0) is 9.59 Å². The van der Waals surface area contributed by atoms with E-state index in [1.807, 2.05) is 18.7 Å². The highest BCUT2D eigenvalue weighted by molar-refractivity contribution is 5.87. The Morgan fingerprint density at radius 2 is 2.24 bits per heavy atom. The standard InChI is InChI=1S/C12H20N2O3/c1-5-6-14-11(17)9(7-10(15)16)13(4)8-12(14,2)3/h5,9H,1,6-8H2,2-4H3,(H,15,16). The molecular formula is C12H20N2O3. The molecule has 0 bridgehead atoms. The summed E-state index contributed by atoms with van der Waals surface area (Å²) in [5, 5.41) is 8.83. The second-order valence-electron chi connectivity index (χ2n) is 5.08. The fourth-order valence-electron chi connectivity index (χ4n) is 2.35. The van der Waals surface area contributed by atoms with Crippen LogP contribution in [0.4, 0.5) is 0 Å². The molecule has 0 aromatic rings. The molecule has 1 atom stereocenters. The number of piperazine rings is 1. The number of nitrogens with zero attached hydrogens (tertiary/aromatic N) is 2. The Balaban J connectivity index is 2.94. The number of carbonyl (C=O) groups excluding carboxylic acids is 1. The second kappa shape index (κ2) is 4.87. The average molecular weight is 240 g/mol. The lowest BCUT2D eigenvalue weighted by Gasteiger charge is -2.48. The number of carboxylic acid groups (broad SMARTS) is 1. The van der Waals surface area contributed by atoms with Gasteiger partial charge in [0.15, 0.2) is 0 Å². The van der Waals surface area contributed by atoms with E-state index in [-0.39, 0.29) is 17.9 Å². The number of likely N-dealkylation sites (N-methyl/N-ethyl adjacent to an activating group) is 1. The Morgan fingerprint density at radius 3 is 2.71 bits per heavy atom. The van der Waals surface area contributed by atoms with Gasteiger partial charge in [0, 0.05) is 13.1 Å². The Bertz CT molecular complexity index is 339. The van der Waals surface area contributed by atoms with Crippen molar-refractivity contribution in [2.24, 2.45) is 0 Å². The van der Waals surface area contributed by atoms with Crippen LogP contribution in [0.1, 0.15) is 20.3 Å². The van der Waals surface area contributed by atoms with Crippen molar-refractivity contribution in [2.75, 3.05) is 20.1 Å². The minimum atomic E-state index is -0.951. The lowest BCUT2D eigenvalue weighted by atomic mass is 9.94. The normalized spacial score (nSPS) is 24.8. The van der Waals surface area contributed by atoms with Crippen molar-refractivity contribution in [3.05, 3.63) is 12.7 Å². The van der Waals surface area contributed by atoms with Crippen LogP contribution in [0.25, 0.3) is 0 Å². The smallest absolute Gasteiger partial charge is 0.305 e. The molecule has 0 aromatic heterocycles. The minimum absolute atomic E-state index is 0.133. The first-order chi connectivity index (χ1) is 7.79. The molecule has 0 saturated carbocycles. The van der Waals surface area contributed by atoms with Crippen LogP contribution in [0, 0.1) is 0 Å². The predicted octanol–water partition coefficient (Wildman–Crippen LogP) is 0.568. The SMILES string of the molecule is C=CCN1C(=O)C(CC(=O)O)N(C)CC1(C)C. The van der Waals surface area contributed by atoms with Gasteiger partial charge in [0.25, 0.3) is 0 Å². The zero-order chi connectivity index (χ0) is 13.2. The van der Waals surface area contributed by atoms with Crippen LogP contribution in [-0.4, -0.2) is 58.5 Å². The van der Waals surface area contributed by atoms with E-state index in [0.717, 1.165) is 0 Å². The van der Waals surface area contributed by atoms with Gasteiger partial charge in [0.2, 0.25) is 5.91 Å². The fourth-order valence-corrected chi connectivity index (χ4v) is 2.35. The molecule has 5 nitrogen and oxygen atoms in total. The molecule has 1 unspecified atom stereocenters. The van der Waals surface area contributed by atoms with Crippen molar-refractivity contribution in [3.8, 4) is 0 Å². The van der Waals surface area contributed by atoms with Crippen LogP contribution in [0.2, 0.25) is 0 Å². The van der Waals surface area contributed by atoms with Crippen LogP contribution in [0.5, 0.6) is 0 Å². The van der Waals surface area contributed by atoms with Crippen molar-refractivity contribution in [1.82, 2.24) is 9.80 Å². The van der Waals surface area contributed by atoms with E-state index >= 15 is 0 Å². The van der Waals surface area contributed by atoms with E-state index in [2.05, 4.69) is 6.58 Å². The quantitative estimate of drug-likeness (QED) is 0.730. The van der Waals surface area contributed by atoms with Crippen LogP contribution >= 0.6 is 0 Å². The van der Waals surface area contributed by atoms with Gasteiger partial charge < -0.3 is 10.0 Å². The van der Waals surface area contributed by atoms with E-state index in [9.17, 15) is 9.59 Å².